The maximum Gasteiger partial charge on any atom is 0.449 e. The number of aromatic nitrogens is 2. The van der Waals surface area contributed by atoms with Gasteiger partial charge in [0.1, 0.15) is 0 Å². The number of rotatable bonds is 2. The zero-order valence-electron chi connectivity index (χ0n) is 9.60. The van der Waals surface area contributed by atoms with Gasteiger partial charge in [-0.1, -0.05) is 19.9 Å². The van der Waals surface area contributed by atoms with Crippen LogP contribution in [0.2, 0.25) is 0 Å². The molecule has 1 aromatic heterocycles. The summed E-state index contributed by atoms with van der Waals surface area (Å²) in [5.74, 6) is -0.606. The van der Waals surface area contributed by atoms with E-state index in [1.807, 2.05) is 19.9 Å². The molecule has 0 aliphatic rings. The zero-order valence-corrected chi connectivity index (χ0v) is 9.60. The summed E-state index contributed by atoms with van der Waals surface area (Å²) >= 11 is 0. The summed E-state index contributed by atoms with van der Waals surface area (Å²) < 4.78 is 37.4. The van der Waals surface area contributed by atoms with Crippen LogP contribution >= 0.6 is 0 Å². The van der Waals surface area contributed by atoms with E-state index in [1.54, 1.807) is 12.1 Å². The lowest BCUT2D eigenvalue weighted by Gasteiger charge is -2.07. The van der Waals surface area contributed by atoms with E-state index in [0.717, 1.165) is 12.0 Å². The highest BCUT2D eigenvalue weighted by atomic mass is 19.4. The van der Waals surface area contributed by atoms with Gasteiger partial charge in [0.25, 0.3) is 0 Å². The Morgan fingerprint density at radius 3 is 2.65 bits per heavy atom. The van der Waals surface area contributed by atoms with Crippen molar-refractivity contribution in [2.75, 3.05) is 0 Å². The molecule has 0 saturated carbocycles. The summed E-state index contributed by atoms with van der Waals surface area (Å²) in [6.45, 7) is 4.09. The summed E-state index contributed by atoms with van der Waals surface area (Å²) in [4.78, 5) is 5.85. The summed E-state index contributed by atoms with van der Waals surface area (Å²) in [5, 5.41) is 0. The van der Waals surface area contributed by atoms with Crippen LogP contribution in [0.5, 0.6) is 0 Å². The number of nitrogens with one attached hydrogen (secondary N) is 1. The van der Waals surface area contributed by atoms with Crippen LogP contribution in [0.25, 0.3) is 11.0 Å². The molecule has 0 aliphatic heterocycles. The van der Waals surface area contributed by atoms with E-state index in [4.69, 9.17) is 0 Å². The molecule has 1 heterocycles. The summed E-state index contributed by atoms with van der Waals surface area (Å²) in [5.41, 5.74) is 1.82. The van der Waals surface area contributed by atoms with E-state index >= 15 is 0 Å². The van der Waals surface area contributed by atoms with Crippen LogP contribution in [0.4, 0.5) is 13.2 Å². The maximum atomic E-state index is 12.5. The van der Waals surface area contributed by atoms with Crippen LogP contribution in [0, 0.1) is 0 Å². The number of fused-ring (bicyclic) bond motifs is 1. The van der Waals surface area contributed by atoms with Gasteiger partial charge in [-0.15, -0.1) is 0 Å². The van der Waals surface area contributed by atoms with Crippen LogP contribution in [0.1, 0.15) is 37.6 Å². The van der Waals surface area contributed by atoms with Gasteiger partial charge in [0.05, 0.1) is 11.0 Å². The van der Waals surface area contributed by atoms with Crippen LogP contribution < -0.4 is 0 Å². The lowest BCUT2D eigenvalue weighted by atomic mass is 9.98. The third-order valence-electron chi connectivity index (χ3n) is 2.96. The standard InChI is InChI=1S/C12H13F3N2/c1-3-7(2)8-4-5-9-10(6-8)17-11(16-9)12(13,14)15/h4-7H,3H2,1-2H3,(H,16,17). The van der Waals surface area contributed by atoms with Gasteiger partial charge in [0, 0.05) is 0 Å². The molecule has 0 spiro atoms. The Labute approximate surface area is 96.9 Å². The molecular weight excluding hydrogens is 229 g/mol. The smallest absolute Gasteiger partial charge is 0.334 e. The Kier molecular flexibility index (Phi) is 2.85. The monoisotopic (exact) mass is 242 g/mol. The third-order valence-corrected chi connectivity index (χ3v) is 2.96. The van der Waals surface area contributed by atoms with Crippen molar-refractivity contribution >= 4 is 11.0 Å². The van der Waals surface area contributed by atoms with Gasteiger partial charge in [-0.2, -0.15) is 13.2 Å². The SMILES string of the molecule is CCC(C)c1ccc2nc(C(F)(F)F)[nH]c2c1. The fourth-order valence-electron chi connectivity index (χ4n) is 1.70. The maximum absolute atomic E-state index is 12.5. The second-order valence-corrected chi connectivity index (χ2v) is 4.17. The first kappa shape index (κ1) is 12.0. The third kappa shape index (κ3) is 2.28. The predicted octanol–water partition coefficient (Wildman–Crippen LogP) is 4.10. The first-order chi connectivity index (χ1) is 7.91. The van der Waals surface area contributed by atoms with Crippen LogP contribution in [0.3, 0.4) is 0 Å². The van der Waals surface area contributed by atoms with Gasteiger partial charge >= 0.3 is 6.18 Å². The van der Waals surface area contributed by atoms with Gasteiger partial charge < -0.3 is 4.98 Å². The lowest BCUT2D eigenvalue weighted by Crippen LogP contribution is -2.06. The fourth-order valence-corrected chi connectivity index (χ4v) is 1.70. The Bertz CT molecular complexity index is 528. The molecule has 17 heavy (non-hydrogen) atoms. The van der Waals surface area contributed by atoms with Crippen molar-refractivity contribution in [2.24, 2.45) is 0 Å². The van der Waals surface area contributed by atoms with Crippen molar-refractivity contribution in [3.8, 4) is 0 Å². The van der Waals surface area contributed by atoms with E-state index in [1.165, 1.54) is 0 Å². The number of halogens is 3. The molecule has 1 aromatic carbocycles. The van der Waals surface area contributed by atoms with Crippen molar-refractivity contribution in [3.63, 3.8) is 0 Å². The number of nitrogens with zero attached hydrogens (tertiary/aromatic N) is 1. The van der Waals surface area contributed by atoms with Crippen LogP contribution in [-0.2, 0) is 6.18 Å². The number of hydrogen-bond donors (Lipinski definition) is 1. The van der Waals surface area contributed by atoms with Gasteiger partial charge in [-0.3, -0.25) is 0 Å². The number of H-pyrrole nitrogens is 1. The van der Waals surface area contributed by atoms with E-state index < -0.39 is 12.0 Å². The minimum absolute atomic E-state index is 0.331. The zero-order chi connectivity index (χ0) is 12.6. The van der Waals surface area contributed by atoms with Crippen molar-refractivity contribution in [1.29, 1.82) is 0 Å². The number of hydrogen-bond acceptors (Lipinski definition) is 1. The van der Waals surface area contributed by atoms with E-state index in [9.17, 15) is 13.2 Å². The highest BCUT2D eigenvalue weighted by Crippen LogP contribution is 2.29. The van der Waals surface area contributed by atoms with E-state index in [-0.39, 0.29) is 0 Å². The van der Waals surface area contributed by atoms with Gasteiger partial charge in [0.15, 0.2) is 0 Å². The topological polar surface area (TPSA) is 28.7 Å². The number of aromatic amines is 1. The van der Waals surface area contributed by atoms with E-state index in [0.29, 0.717) is 17.0 Å². The average molecular weight is 242 g/mol. The summed E-state index contributed by atoms with van der Waals surface area (Å²) in [6, 6.07) is 5.20. The predicted molar refractivity (Wildman–Crippen MR) is 59.8 cm³/mol. The normalized spacial score (nSPS) is 14.2. The molecule has 1 atom stereocenters. The Morgan fingerprint density at radius 1 is 1.35 bits per heavy atom. The quantitative estimate of drug-likeness (QED) is 0.844. The minimum Gasteiger partial charge on any atom is -0.334 e. The fraction of sp³-hybridized carbons (Fsp3) is 0.417. The summed E-state index contributed by atoms with van der Waals surface area (Å²) in [6.07, 6.45) is -3.47. The second-order valence-electron chi connectivity index (χ2n) is 4.17. The highest BCUT2D eigenvalue weighted by Gasteiger charge is 2.34. The largest absolute Gasteiger partial charge is 0.449 e. The molecule has 0 bridgehead atoms. The molecule has 1 N–H and O–H groups in total. The Hall–Kier alpha value is -1.52. The van der Waals surface area contributed by atoms with E-state index in [2.05, 4.69) is 9.97 Å². The first-order valence-electron chi connectivity index (χ1n) is 5.48. The van der Waals surface area contributed by atoms with Crippen molar-refractivity contribution < 1.29 is 13.2 Å². The molecule has 0 aliphatic carbocycles. The molecule has 2 rings (SSSR count). The molecule has 2 nitrogen and oxygen atoms in total. The Morgan fingerprint density at radius 2 is 2.06 bits per heavy atom. The van der Waals surface area contributed by atoms with Crippen molar-refractivity contribution in [1.82, 2.24) is 9.97 Å². The molecular formula is C12H13F3N2. The number of alkyl halides is 3. The van der Waals surface area contributed by atoms with Gasteiger partial charge in [0.2, 0.25) is 5.82 Å². The Balaban J connectivity index is 2.48. The molecule has 0 saturated heterocycles. The molecule has 0 radical (unpaired) electrons. The number of benzene rings is 1. The number of imidazole rings is 1. The van der Waals surface area contributed by atoms with Crippen molar-refractivity contribution in [2.45, 2.75) is 32.4 Å². The molecule has 5 heteroatoms. The van der Waals surface area contributed by atoms with Crippen LogP contribution in [-0.4, -0.2) is 9.97 Å². The van der Waals surface area contributed by atoms with Crippen molar-refractivity contribution in [3.05, 3.63) is 29.6 Å². The molecule has 0 amide bonds. The molecule has 92 valence electrons. The minimum atomic E-state index is -4.42. The molecule has 1 unspecified atom stereocenters. The molecule has 0 fully saturated rings. The van der Waals surface area contributed by atoms with Gasteiger partial charge in [-0.05, 0) is 30.0 Å². The highest BCUT2D eigenvalue weighted by molar-refractivity contribution is 5.76. The van der Waals surface area contributed by atoms with Crippen LogP contribution in [0.15, 0.2) is 18.2 Å². The van der Waals surface area contributed by atoms with Gasteiger partial charge in [-0.25, -0.2) is 4.98 Å². The lowest BCUT2D eigenvalue weighted by molar-refractivity contribution is -0.144. The second kappa shape index (κ2) is 4.05. The molecule has 2 aromatic rings. The average Bonchev–Trinajstić information content (AvgIpc) is 2.70. The first-order valence-corrected chi connectivity index (χ1v) is 5.48. The summed E-state index contributed by atoms with van der Waals surface area (Å²) in [7, 11) is 0.